The van der Waals surface area contributed by atoms with Crippen LogP contribution in [0.3, 0.4) is 0 Å². The maximum absolute atomic E-state index is 6.65. The van der Waals surface area contributed by atoms with Crippen LogP contribution in [0.1, 0.15) is 57.7 Å². The van der Waals surface area contributed by atoms with Crippen LogP contribution >= 0.6 is 0 Å². The van der Waals surface area contributed by atoms with Crippen LogP contribution in [-0.4, -0.2) is 14.9 Å². The van der Waals surface area contributed by atoms with E-state index in [1.54, 1.807) is 11.1 Å². The summed E-state index contributed by atoms with van der Waals surface area (Å²) in [5.74, 6) is 0.507. The van der Waals surface area contributed by atoms with Gasteiger partial charge in [-0.05, 0) is 87.5 Å². The normalized spacial score (nSPS) is 20.7. The average molecular weight is 419 g/mol. The van der Waals surface area contributed by atoms with Crippen molar-refractivity contribution in [2.75, 3.05) is 6.61 Å². The molecule has 3 aromatic rings. The lowest BCUT2D eigenvalue weighted by atomic mass is 9.73. The van der Waals surface area contributed by atoms with Gasteiger partial charge in [-0.25, -0.2) is 0 Å². The molecule has 2 heteroatoms. The van der Waals surface area contributed by atoms with Gasteiger partial charge in [0, 0.05) is 6.61 Å². The molecule has 0 unspecified atom stereocenters. The van der Waals surface area contributed by atoms with E-state index < -0.39 is 8.32 Å². The Kier molecular flexibility index (Phi) is 5.18. The molecule has 0 saturated carbocycles. The predicted octanol–water partition coefficient (Wildman–Crippen LogP) is 8.16. The molecule has 4 rings (SSSR count). The van der Waals surface area contributed by atoms with E-state index in [4.69, 9.17) is 4.43 Å². The van der Waals surface area contributed by atoms with Crippen molar-refractivity contribution in [1.29, 1.82) is 0 Å². The Labute approximate surface area is 184 Å². The van der Waals surface area contributed by atoms with Gasteiger partial charge < -0.3 is 4.43 Å². The Bertz CT molecular complexity index is 1110. The highest BCUT2D eigenvalue weighted by Crippen LogP contribution is 2.48. The van der Waals surface area contributed by atoms with Gasteiger partial charge in [-0.15, -0.1) is 0 Å². The second-order valence-corrected chi connectivity index (χ2v) is 16.1. The number of rotatable bonds is 4. The van der Waals surface area contributed by atoms with Crippen molar-refractivity contribution in [1.82, 2.24) is 0 Å². The number of hydrogen-bond donors (Lipinski definition) is 0. The number of aryl methyl sites for hydroxylation is 2. The van der Waals surface area contributed by atoms with Gasteiger partial charge in [0.1, 0.15) is 0 Å². The van der Waals surface area contributed by atoms with Crippen LogP contribution in [0.5, 0.6) is 0 Å². The fourth-order valence-corrected chi connectivity index (χ4v) is 6.06. The Morgan fingerprint density at radius 2 is 1.60 bits per heavy atom. The first-order valence-electron chi connectivity index (χ1n) is 11.5. The van der Waals surface area contributed by atoms with E-state index in [1.165, 1.54) is 39.9 Å². The molecule has 1 aliphatic rings. The smallest absolute Gasteiger partial charge is 0.191 e. The Hall–Kier alpha value is -1.64. The van der Waals surface area contributed by atoms with Crippen LogP contribution in [0.2, 0.25) is 18.1 Å². The van der Waals surface area contributed by atoms with Crippen LogP contribution in [-0.2, 0) is 16.3 Å². The second-order valence-electron chi connectivity index (χ2n) is 11.3. The summed E-state index contributed by atoms with van der Waals surface area (Å²) in [4.78, 5) is 0. The van der Waals surface area contributed by atoms with Crippen molar-refractivity contribution in [2.45, 2.75) is 77.9 Å². The van der Waals surface area contributed by atoms with E-state index in [1.807, 2.05) is 0 Å². The van der Waals surface area contributed by atoms with Gasteiger partial charge in [0.25, 0.3) is 0 Å². The Balaban J connectivity index is 1.70. The molecule has 0 aromatic heterocycles. The molecular weight excluding hydrogens is 380 g/mol. The summed E-state index contributed by atoms with van der Waals surface area (Å²) in [6.07, 6.45) is 2.39. The Morgan fingerprint density at radius 1 is 0.967 bits per heavy atom. The molecule has 0 N–H and O–H groups in total. The van der Waals surface area contributed by atoms with E-state index >= 15 is 0 Å². The molecule has 0 radical (unpaired) electrons. The molecule has 0 spiro atoms. The average Bonchev–Trinajstić information content (AvgIpc) is 3.04. The third kappa shape index (κ3) is 3.33. The highest BCUT2D eigenvalue weighted by atomic mass is 28.4. The van der Waals surface area contributed by atoms with E-state index in [0.29, 0.717) is 5.92 Å². The second kappa shape index (κ2) is 7.21. The van der Waals surface area contributed by atoms with Crippen molar-refractivity contribution in [3.05, 3.63) is 59.2 Å². The largest absolute Gasteiger partial charge is 0.417 e. The molecule has 160 valence electrons. The van der Waals surface area contributed by atoms with Gasteiger partial charge in [0.05, 0.1) is 0 Å². The summed E-state index contributed by atoms with van der Waals surface area (Å²) < 4.78 is 6.65. The minimum absolute atomic E-state index is 0.188. The summed E-state index contributed by atoms with van der Waals surface area (Å²) in [7, 11) is -1.72. The summed E-state index contributed by atoms with van der Waals surface area (Å²) in [5.41, 5.74) is 4.66. The molecule has 1 nitrogen and oxygen atoms in total. The highest BCUT2D eigenvalue weighted by Gasteiger charge is 2.42. The minimum atomic E-state index is -1.72. The van der Waals surface area contributed by atoms with Gasteiger partial charge in [-0.3, -0.25) is 0 Å². The summed E-state index contributed by atoms with van der Waals surface area (Å²) in [6.45, 7) is 19.7. The highest BCUT2D eigenvalue weighted by molar-refractivity contribution is 6.74. The zero-order valence-electron chi connectivity index (χ0n) is 20.1. The zero-order valence-corrected chi connectivity index (χ0v) is 21.1. The molecular formula is C28H38OSi. The van der Waals surface area contributed by atoms with E-state index in [2.05, 4.69) is 97.1 Å². The fourth-order valence-electron chi connectivity index (χ4n) is 4.96. The van der Waals surface area contributed by atoms with Crippen LogP contribution in [0, 0.1) is 12.8 Å². The molecule has 30 heavy (non-hydrogen) atoms. The Morgan fingerprint density at radius 3 is 2.30 bits per heavy atom. The predicted molar refractivity (Wildman–Crippen MR) is 134 cm³/mol. The van der Waals surface area contributed by atoms with Crippen molar-refractivity contribution in [2.24, 2.45) is 5.92 Å². The summed E-state index contributed by atoms with van der Waals surface area (Å²) >= 11 is 0. The number of fused-ring (bicyclic) bond motifs is 5. The zero-order chi connectivity index (χ0) is 21.9. The van der Waals surface area contributed by atoms with E-state index in [-0.39, 0.29) is 10.5 Å². The third-order valence-corrected chi connectivity index (χ3v) is 13.0. The molecule has 0 amide bonds. The lowest BCUT2D eigenvalue weighted by Gasteiger charge is -2.40. The lowest BCUT2D eigenvalue weighted by Crippen LogP contribution is -2.43. The molecule has 1 aliphatic carbocycles. The molecule has 0 fully saturated rings. The fraction of sp³-hybridized carbons (Fsp3) is 0.500. The first kappa shape index (κ1) is 21.6. The van der Waals surface area contributed by atoms with Crippen LogP contribution in [0.15, 0.2) is 42.5 Å². The van der Waals surface area contributed by atoms with Crippen LogP contribution < -0.4 is 0 Å². The number of hydrogen-bond acceptors (Lipinski definition) is 1. The van der Waals surface area contributed by atoms with Gasteiger partial charge in [-0.2, -0.15) is 0 Å². The van der Waals surface area contributed by atoms with Gasteiger partial charge in [-0.1, -0.05) is 77.1 Å². The van der Waals surface area contributed by atoms with Crippen molar-refractivity contribution in [3.8, 4) is 0 Å². The monoisotopic (exact) mass is 418 g/mol. The van der Waals surface area contributed by atoms with Gasteiger partial charge in [0.2, 0.25) is 0 Å². The molecule has 0 saturated heterocycles. The minimum Gasteiger partial charge on any atom is -0.417 e. The van der Waals surface area contributed by atoms with Crippen LogP contribution in [0.4, 0.5) is 0 Å². The lowest BCUT2D eigenvalue weighted by molar-refractivity contribution is 0.175. The van der Waals surface area contributed by atoms with E-state index in [9.17, 15) is 0 Å². The van der Waals surface area contributed by atoms with Gasteiger partial charge >= 0.3 is 0 Å². The first-order valence-corrected chi connectivity index (χ1v) is 14.4. The summed E-state index contributed by atoms with van der Waals surface area (Å²) in [6, 6.07) is 16.2. The topological polar surface area (TPSA) is 9.23 Å². The summed E-state index contributed by atoms with van der Waals surface area (Å²) in [5, 5.41) is 5.88. The van der Waals surface area contributed by atoms with Crippen molar-refractivity contribution < 1.29 is 4.43 Å². The molecule has 0 aliphatic heterocycles. The molecule has 2 atom stereocenters. The van der Waals surface area contributed by atoms with E-state index in [0.717, 1.165) is 6.61 Å². The third-order valence-electron chi connectivity index (χ3n) is 8.49. The molecule has 0 heterocycles. The van der Waals surface area contributed by atoms with Crippen molar-refractivity contribution in [3.63, 3.8) is 0 Å². The van der Waals surface area contributed by atoms with Gasteiger partial charge in [0.15, 0.2) is 8.32 Å². The number of benzene rings is 3. The van der Waals surface area contributed by atoms with Crippen LogP contribution in [0.25, 0.3) is 21.5 Å². The SMILES string of the molecule is Cc1cccc2c1ccc1c3c(ccc12)[C@](C)([C@H](C)CO[Si](C)(C)C(C)(C)C)CC3. The standard InChI is InChI=1S/C28H38OSi/c1-19-10-9-11-22-21(19)12-13-24-23(22)14-15-26-25(24)16-17-28(26,6)20(2)18-29-30(7,8)27(3,4)5/h9-15,20H,16-18H2,1-8H3/t20-,28+/m1/s1. The van der Waals surface area contributed by atoms with Crippen molar-refractivity contribution >= 4 is 29.9 Å². The maximum atomic E-state index is 6.65. The quantitative estimate of drug-likeness (QED) is 0.307. The first-order chi connectivity index (χ1) is 14.0. The maximum Gasteiger partial charge on any atom is 0.191 e. The molecule has 0 bridgehead atoms. The molecule has 3 aromatic carbocycles.